The van der Waals surface area contributed by atoms with Gasteiger partial charge >= 0.3 is 6.09 Å². The Morgan fingerprint density at radius 3 is 2.91 bits per heavy atom. The molecule has 0 aromatic rings. The van der Waals surface area contributed by atoms with E-state index >= 15 is 0 Å². The highest BCUT2D eigenvalue weighted by Gasteiger charge is 2.29. The lowest BCUT2D eigenvalue weighted by Crippen LogP contribution is -2.45. The van der Waals surface area contributed by atoms with Gasteiger partial charge in [0.25, 0.3) is 0 Å². The van der Waals surface area contributed by atoms with Gasteiger partial charge in [-0.3, -0.25) is 0 Å². The summed E-state index contributed by atoms with van der Waals surface area (Å²) < 4.78 is 16.8. The highest BCUT2D eigenvalue weighted by Crippen LogP contribution is 2.16. The first-order chi connectivity index (χ1) is 5.15. The fourth-order valence-electron chi connectivity index (χ4n) is 1.09. The molecule has 0 bridgehead atoms. The van der Waals surface area contributed by atoms with Crippen LogP contribution in [0.4, 0.5) is 9.18 Å². The van der Waals surface area contributed by atoms with Crippen molar-refractivity contribution in [3.05, 3.63) is 0 Å². The average Bonchev–Trinajstić information content (AvgIpc) is 1.99. The molecule has 1 saturated heterocycles. The predicted molar refractivity (Wildman–Crippen MR) is 38.1 cm³/mol. The molecule has 11 heavy (non-hydrogen) atoms. The minimum Gasteiger partial charge on any atom is -0.443 e. The number of nitrogens with zero attached hydrogens (tertiary/aromatic N) is 1. The third kappa shape index (κ3) is 1.61. The van der Waals surface area contributed by atoms with Crippen molar-refractivity contribution in [3.8, 4) is 0 Å². The number of ether oxygens (including phenoxy) is 1. The van der Waals surface area contributed by atoms with Gasteiger partial charge in [0.05, 0.1) is 0 Å². The number of hydrogen-bond donors (Lipinski definition) is 0. The summed E-state index contributed by atoms with van der Waals surface area (Å²) in [7, 11) is 1.65. The van der Waals surface area contributed by atoms with Crippen LogP contribution in [0.25, 0.3) is 0 Å². The molecule has 0 radical (unpaired) electrons. The smallest absolute Gasteiger partial charge is 0.410 e. The van der Waals surface area contributed by atoms with Crippen LogP contribution in [0.3, 0.4) is 0 Å². The Kier molecular flexibility index (Phi) is 2.31. The summed E-state index contributed by atoms with van der Waals surface area (Å²) >= 11 is 0. The number of cyclic esters (lactones) is 1. The highest BCUT2D eigenvalue weighted by molar-refractivity contribution is 5.68. The largest absolute Gasteiger partial charge is 0.443 e. The molecule has 1 amide bonds. The van der Waals surface area contributed by atoms with Gasteiger partial charge in [0.2, 0.25) is 0 Å². The second-order valence-electron chi connectivity index (χ2n) is 2.86. The van der Waals surface area contributed by atoms with Crippen LogP contribution in [-0.4, -0.2) is 36.9 Å². The second-order valence-corrected chi connectivity index (χ2v) is 2.86. The van der Waals surface area contributed by atoms with Gasteiger partial charge in [-0.1, -0.05) is 0 Å². The van der Waals surface area contributed by atoms with Gasteiger partial charge < -0.3 is 9.64 Å². The first kappa shape index (κ1) is 8.30. The molecule has 0 aromatic heterocycles. The van der Waals surface area contributed by atoms with Crippen molar-refractivity contribution in [1.82, 2.24) is 4.90 Å². The quantitative estimate of drug-likeness (QED) is 0.578. The molecule has 1 rings (SSSR count). The van der Waals surface area contributed by atoms with Crippen molar-refractivity contribution >= 4 is 6.09 Å². The zero-order valence-electron chi connectivity index (χ0n) is 6.71. The van der Waals surface area contributed by atoms with E-state index in [0.717, 1.165) is 0 Å². The van der Waals surface area contributed by atoms with Crippen molar-refractivity contribution in [2.75, 3.05) is 13.7 Å². The number of hydrogen-bond acceptors (Lipinski definition) is 2. The third-order valence-electron chi connectivity index (χ3n) is 1.99. The lowest BCUT2D eigenvalue weighted by molar-refractivity contribution is 0.00204. The Balaban J connectivity index is 2.54. The summed E-state index contributed by atoms with van der Waals surface area (Å²) in [6.45, 7) is 1.30. The van der Waals surface area contributed by atoms with Gasteiger partial charge in [0.1, 0.15) is 12.8 Å². The SMILES string of the molecule is CC1CC(CF)OC(=O)N1C. The average molecular weight is 161 g/mol. The first-order valence-electron chi connectivity index (χ1n) is 3.64. The van der Waals surface area contributed by atoms with Crippen LogP contribution in [0.15, 0.2) is 0 Å². The summed E-state index contributed by atoms with van der Waals surface area (Å²) in [5.41, 5.74) is 0. The van der Waals surface area contributed by atoms with Crippen LogP contribution in [0.2, 0.25) is 0 Å². The second kappa shape index (κ2) is 3.07. The van der Waals surface area contributed by atoms with E-state index in [9.17, 15) is 9.18 Å². The zero-order valence-corrected chi connectivity index (χ0v) is 6.71. The van der Waals surface area contributed by atoms with Gasteiger partial charge in [-0.05, 0) is 6.92 Å². The van der Waals surface area contributed by atoms with Crippen molar-refractivity contribution in [2.24, 2.45) is 0 Å². The van der Waals surface area contributed by atoms with E-state index in [1.165, 1.54) is 4.90 Å². The number of halogens is 1. The fraction of sp³-hybridized carbons (Fsp3) is 0.857. The van der Waals surface area contributed by atoms with Gasteiger partial charge in [-0.2, -0.15) is 0 Å². The highest BCUT2D eigenvalue weighted by atomic mass is 19.1. The molecule has 1 fully saturated rings. The van der Waals surface area contributed by atoms with Crippen LogP contribution in [0, 0.1) is 0 Å². The minimum atomic E-state index is -0.579. The molecule has 64 valence electrons. The van der Waals surface area contributed by atoms with E-state index in [1.54, 1.807) is 7.05 Å². The molecular weight excluding hydrogens is 149 g/mol. The Morgan fingerprint density at radius 2 is 2.45 bits per heavy atom. The minimum absolute atomic E-state index is 0.0806. The maximum Gasteiger partial charge on any atom is 0.410 e. The molecule has 0 saturated carbocycles. The van der Waals surface area contributed by atoms with Gasteiger partial charge in [-0.25, -0.2) is 9.18 Å². The van der Waals surface area contributed by atoms with Crippen LogP contribution < -0.4 is 0 Å². The molecule has 2 atom stereocenters. The maximum absolute atomic E-state index is 12.1. The number of rotatable bonds is 1. The topological polar surface area (TPSA) is 29.5 Å². The van der Waals surface area contributed by atoms with Crippen molar-refractivity contribution in [1.29, 1.82) is 0 Å². The molecule has 0 aliphatic carbocycles. The Bertz CT molecular complexity index is 163. The lowest BCUT2D eigenvalue weighted by Gasteiger charge is -2.33. The van der Waals surface area contributed by atoms with E-state index < -0.39 is 18.9 Å². The van der Waals surface area contributed by atoms with Crippen molar-refractivity contribution in [2.45, 2.75) is 25.5 Å². The summed E-state index contributed by atoms with van der Waals surface area (Å²) in [6, 6.07) is 0.0806. The molecule has 0 aromatic carbocycles. The Hall–Kier alpha value is -0.800. The molecule has 1 aliphatic heterocycles. The van der Waals surface area contributed by atoms with Crippen molar-refractivity contribution in [3.63, 3.8) is 0 Å². The summed E-state index contributed by atoms with van der Waals surface area (Å²) in [4.78, 5) is 12.4. The van der Waals surface area contributed by atoms with Gasteiger partial charge in [0, 0.05) is 19.5 Å². The Morgan fingerprint density at radius 1 is 1.82 bits per heavy atom. The summed E-state index contributed by atoms with van der Waals surface area (Å²) in [5, 5.41) is 0. The van der Waals surface area contributed by atoms with E-state index in [4.69, 9.17) is 4.74 Å². The normalized spacial score (nSPS) is 31.9. The Labute approximate surface area is 65.1 Å². The van der Waals surface area contributed by atoms with Crippen LogP contribution in [0.1, 0.15) is 13.3 Å². The molecule has 0 N–H and O–H groups in total. The van der Waals surface area contributed by atoms with Crippen LogP contribution in [0.5, 0.6) is 0 Å². The molecular formula is C7H12FNO2. The van der Waals surface area contributed by atoms with E-state index in [2.05, 4.69) is 0 Å². The number of carbonyl (C=O) groups is 1. The standard InChI is InChI=1S/C7H12FNO2/c1-5-3-6(4-8)11-7(10)9(5)2/h5-6H,3-4H2,1-2H3. The van der Waals surface area contributed by atoms with Crippen molar-refractivity contribution < 1.29 is 13.9 Å². The maximum atomic E-state index is 12.1. The fourth-order valence-corrected chi connectivity index (χ4v) is 1.09. The molecule has 4 heteroatoms. The summed E-state index contributed by atoms with van der Waals surface area (Å²) in [6.07, 6.45) is -0.376. The van der Waals surface area contributed by atoms with Crippen LogP contribution in [-0.2, 0) is 4.74 Å². The molecule has 3 nitrogen and oxygen atoms in total. The third-order valence-corrected chi connectivity index (χ3v) is 1.99. The molecule has 0 spiro atoms. The lowest BCUT2D eigenvalue weighted by atomic mass is 10.1. The van der Waals surface area contributed by atoms with E-state index in [1.807, 2.05) is 6.92 Å². The molecule has 2 unspecified atom stereocenters. The van der Waals surface area contributed by atoms with E-state index in [-0.39, 0.29) is 6.04 Å². The van der Waals surface area contributed by atoms with Crippen LogP contribution >= 0.6 is 0 Å². The number of carbonyl (C=O) groups excluding carboxylic acids is 1. The number of alkyl halides is 1. The first-order valence-corrected chi connectivity index (χ1v) is 3.64. The summed E-state index contributed by atoms with van der Waals surface area (Å²) in [5.74, 6) is 0. The van der Waals surface area contributed by atoms with Gasteiger partial charge in [0.15, 0.2) is 0 Å². The predicted octanol–water partition coefficient (Wildman–Crippen LogP) is 1.19. The monoisotopic (exact) mass is 161 g/mol. The molecule has 1 heterocycles. The van der Waals surface area contributed by atoms with Gasteiger partial charge in [-0.15, -0.1) is 0 Å². The zero-order chi connectivity index (χ0) is 8.43. The van der Waals surface area contributed by atoms with E-state index in [0.29, 0.717) is 6.42 Å². The number of amides is 1. The molecule has 1 aliphatic rings.